The van der Waals surface area contributed by atoms with E-state index in [1.54, 1.807) is 23.5 Å². The number of thiophene rings is 1. The Kier molecular flexibility index (Phi) is 3.23. The molecule has 0 fully saturated rings. The minimum absolute atomic E-state index is 0.0556. The van der Waals surface area contributed by atoms with Gasteiger partial charge >= 0.3 is 0 Å². The highest BCUT2D eigenvalue weighted by Gasteiger charge is 2.19. The van der Waals surface area contributed by atoms with Gasteiger partial charge in [0, 0.05) is 10.4 Å². The van der Waals surface area contributed by atoms with E-state index in [0.29, 0.717) is 10.6 Å². The molecule has 1 aliphatic carbocycles. The van der Waals surface area contributed by atoms with Gasteiger partial charge in [0.05, 0.1) is 9.90 Å². The lowest BCUT2D eigenvalue weighted by atomic mass is 9.98. The first-order valence-corrected chi connectivity index (χ1v) is 7.36. The standard InChI is InChI=1S/C15H13ClOS/c16-12-7-3-2-6-11(12)15(17)14-9-10-5-1-4-8-13(10)18-14/h2-3,6-7,9H,1,4-5,8H2. The molecular weight excluding hydrogens is 264 g/mol. The summed E-state index contributed by atoms with van der Waals surface area (Å²) in [5.41, 5.74) is 1.97. The molecule has 3 rings (SSSR count). The Morgan fingerprint density at radius 3 is 2.72 bits per heavy atom. The largest absolute Gasteiger partial charge is 0.288 e. The first kappa shape index (κ1) is 11.9. The van der Waals surface area contributed by atoms with Crippen LogP contribution in [0.2, 0.25) is 5.02 Å². The van der Waals surface area contributed by atoms with Crippen LogP contribution in [0.4, 0.5) is 0 Å². The second kappa shape index (κ2) is 4.87. The van der Waals surface area contributed by atoms with Crippen LogP contribution in [-0.2, 0) is 12.8 Å². The fourth-order valence-corrected chi connectivity index (χ4v) is 3.81. The van der Waals surface area contributed by atoms with Crippen molar-refractivity contribution in [1.82, 2.24) is 0 Å². The van der Waals surface area contributed by atoms with Crippen LogP contribution in [0, 0.1) is 0 Å². The summed E-state index contributed by atoms with van der Waals surface area (Å²) >= 11 is 7.72. The maximum absolute atomic E-state index is 12.4. The number of halogens is 1. The molecule has 1 aromatic heterocycles. The van der Waals surface area contributed by atoms with Crippen molar-refractivity contribution in [2.45, 2.75) is 25.7 Å². The summed E-state index contributed by atoms with van der Waals surface area (Å²) in [7, 11) is 0. The van der Waals surface area contributed by atoms with Gasteiger partial charge in [-0.1, -0.05) is 23.7 Å². The monoisotopic (exact) mass is 276 g/mol. The van der Waals surface area contributed by atoms with Crippen LogP contribution in [0.5, 0.6) is 0 Å². The Labute approximate surface area is 115 Å². The van der Waals surface area contributed by atoms with E-state index in [-0.39, 0.29) is 5.78 Å². The number of aryl methyl sites for hydroxylation is 2. The van der Waals surface area contributed by atoms with E-state index in [1.807, 2.05) is 12.1 Å². The van der Waals surface area contributed by atoms with Crippen LogP contribution in [0.3, 0.4) is 0 Å². The van der Waals surface area contributed by atoms with Gasteiger partial charge in [-0.25, -0.2) is 0 Å². The van der Waals surface area contributed by atoms with Crippen LogP contribution in [0.15, 0.2) is 30.3 Å². The second-order valence-electron chi connectivity index (χ2n) is 4.58. The number of hydrogen-bond acceptors (Lipinski definition) is 2. The molecule has 0 aliphatic heterocycles. The minimum Gasteiger partial charge on any atom is -0.288 e. The zero-order valence-corrected chi connectivity index (χ0v) is 11.5. The fraction of sp³-hybridized carbons (Fsp3) is 0.267. The number of ketones is 1. The van der Waals surface area contributed by atoms with Gasteiger partial charge < -0.3 is 0 Å². The Bertz CT molecular complexity index is 577. The third-order valence-electron chi connectivity index (χ3n) is 3.34. The molecule has 1 aromatic carbocycles. The summed E-state index contributed by atoms with van der Waals surface area (Å²) in [6, 6.07) is 9.32. The molecule has 0 unspecified atom stereocenters. The maximum Gasteiger partial charge on any atom is 0.204 e. The lowest BCUT2D eigenvalue weighted by Gasteiger charge is -2.08. The van der Waals surface area contributed by atoms with Crippen molar-refractivity contribution >= 4 is 28.7 Å². The van der Waals surface area contributed by atoms with Crippen LogP contribution in [-0.4, -0.2) is 5.78 Å². The highest BCUT2D eigenvalue weighted by atomic mass is 35.5. The number of benzene rings is 1. The first-order valence-electron chi connectivity index (χ1n) is 6.16. The van der Waals surface area contributed by atoms with Gasteiger partial charge in [-0.3, -0.25) is 4.79 Å². The van der Waals surface area contributed by atoms with Crippen molar-refractivity contribution in [3.63, 3.8) is 0 Å². The van der Waals surface area contributed by atoms with Gasteiger partial charge in [0.2, 0.25) is 5.78 Å². The van der Waals surface area contributed by atoms with Gasteiger partial charge in [0.1, 0.15) is 0 Å². The van der Waals surface area contributed by atoms with E-state index < -0.39 is 0 Å². The third-order valence-corrected chi connectivity index (χ3v) is 4.90. The Balaban J connectivity index is 1.98. The highest BCUT2D eigenvalue weighted by molar-refractivity contribution is 7.14. The Hall–Kier alpha value is -1.12. The average molecular weight is 277 g/mol. The van der Waals surface area contributed by atoms with Crippen LogP contribution in [0.25, 0.3) is 0 Å². The van der Waals surface area contributed by atoms with E-state index in [9.17, 15) is 4.79 Å². The SMILES string of the molecule is O=C(c1cc2c(s1)CCCC2)c1ccccc1Cl. The van der Waals surface area contributed by atoms with Crippen molar-refractivity contribution < 1.29 is 4.79 Å². The molecule has 92 valence electrons. The number of rotatable bonds is 2. The van der Waals surface area contributed by atoms with Crippen molar-refractivity contribution in [2.75, 3.05) is 0 Å². The van der Waals surface area contributed by atoms with Crippen molar-refractivity contribution in [2.24, 2.45) is 0 Å². The third kappa shape index (κ3) is 2.11. The molecule has 2 aromatic rings. The molecule has 1 nitrogen and oxygen atoms in total. The minimum atomic E-state index is 0.0556. The first-order chi connectivity index (χ1) is 8.75. The van der Waals surface area contributed by atoms with E-state index in [0.717, 1.165) is 17.7 Å². The molecule has 3 heteroatoms. The molecule has 1 heterocycles. The molecule has 0 saturated heterocycles. The molecule has 18 heavy (non-hydrogen) atoms. The molecule has 0 radical (unpaired) electrons. The molecule has 0 amide bonds. The lowest BCUT2D eigenvalue weighted by molar-refractivity contribution is 0.104. The average Bonchev–Trinajstić information content (AvgIpc) is 2.82. The number of hydrogen-bond donors (Lipinski definition) is 0. The van der Waals surface area contributed by atoms with E-state index in [4.69, 9.17) is 11.6 Å². The summed E-state index contributed by atoms with van der Waals surface area (Å²) in [6.07, 6.45) is 4.72. The van der Waals surface area contributed by atoms with Crippen molar-refractivity contribution in [3.05, 3.63) is 56.2 Å². The van der Waals surface area contributed by atoms with Gasteiger partial charge in [0.15, 0.2) is 0 Å². The van der Waals surface area contributed by atoms with Crippen LogP contribution >= 0.6 is 22.9 Å². The van der Waals surface area contributed by atoms with Gasteiger partial charge in [-0.05, 0) is 49.4 Å². The fourth-order valence-electron chi connectivity index (χ4n) is 2.38. The Morgan fingerprint density at radius 1 is 1.17 bits per heavy atom. The predicted molar refractivity (Wildman–Crippen MR) is 75.8 cm³/mol. The molecule has 0 bridgehead atoms. The quantitative estimate of drug-likeness (QED) is 0.738. The van der Waals surface area contributed by atoms with Gasteiger partial charge in [-0.2, -0.15) is 0 Å². The molecule has 0 atom stereocenters. The van der Waals surface area contributed by atoms with Crippen molar-refractivity contribution in [3.8, 4) is 0 Å². The van der Waals surface area contributed by atoms with E-state index >= 15 is 0 Å². The summed E-state index contributed by atoms with van der Waals surface area (Å²) in [6.45, 7) is 0. The van der Waals surface area contributed by atoms with Gasteiger partial charge in [-0.15, -0.1) is 11.3 Å². The van der Waals surface area contributed by atoms with Crippen LogP contribution in [0.1, 0.15) is 38.5 Å². The lowest BCUT2D eigenvalue weighted by Crippen LogP contribution is -1.99. The molecule has 0 N–H and O–H groups in total. The second-order valence-corrected chi connectivity index (χ2v) is 6.12. The molecule has 1 aliphatic rings. The Morgan fingerprint density at radius 2 is 1.94 bits per heavy atom. The normalized spacial score (nSPS) is 14.3. The predicted octanol–water partition coefficient (Wildman–Crippen LogP) is 4.51. The van der Waals surface area contributed by atoms with Crippen molar-refractivity contribution in [1.29, 1.82) is 0 Å². The topological polar surface area (TPSA) is 17.1 Å². The van der Waals surface area contributed by atoms with E-state index in [2.05, 4.69) is 6.07 Å². The number of carbonyl (C=O) groups excluding carboxylic acids is 1. The zero-order chi connectivity index (χ0) is 12.5. The molecular formula is C15H13ClOS. The van der Waals surface area contributed by atoms with Gasteiger partial charge in [0.25, 0.3) is 0 Å². The number of fused-ring (bicyclic) bond motifs is 1. The summed E-state index contributed by atoms with van der Waals surface area (Å²) < 4.78 is 0. The molecule has 0 saturated carbocycles. The highest BCUT2D eigenvalue weighted by Crippen LogP contribution is 2.31. The maximum atomic E-state index is 12.4. The van der Waals surface area contributed by atoms with E-state index in [1.165, 1.54) is 23.3 Å². The zero-order valence-electron chi connectivity index (χ0n) is 9.91. The number of carbonyl (C=O) groups is 1. The summed E-state index contributed by atoms with van der Waals surface area (Å²) in [5, 5.41) is 0.536. The molecule has 0 spiro atoms. The summed E-state index contributed by atoms with van der Waals surface area (Å²) in [4.78, 5) is 14.6. The smallest absolute Gasteiger partial charge is 0.204 e. The summed E-state index contributed by atoms with van der Waals surface area (Å²) in [5.74, 6) is 0.0556. The van der Waals surface area contributed by atoms with Crippen LogP contribution < -0.4 is 0 Å².